The van der Waals surface area contributed by atoms with Crippen molar-refractivity contribution in [1.82, 2.24) is 14.9 Å². The topological polar surface area (TPSA) is 107 Å². The van der Waals surface area contributed by atoms with Crippen molar-refractivity contribution in [2.24, 2.45) is 0 Å². The Labute approximate surface area is 193 Å². The number of anilines is 2. The molecule has 3 N–H and O–H groups in total. The molecule has 8 nitrogen and oxygen atoms in total. The minimum Gasteiger partial charge on any atom is -0.481 e. The van der Waals surface area contributed by atoms with Crippen LogP contribution in [0.5, 0.6) is 0 Å². The van der Waals surface area contributed by atoms with Crippen molar-refractivity contribution in [1.29, 1.82) is 0 Å². The summed E-state index contributed by atoms with van der Waals surface area (Å²) in [6.45, 7) is 7.13. The van der Waals surface area contributed by atoms with E-state index in [9.17, 15) is 14.7 Å². The lowest BCUT2D eigenvalue weighted by atomic mass is 10.1. The lowest BCUT2D eigenvalue weighted by Crippen LogP contribution is -2.25. The number of amides is 1. The highest BCUT2D eigenvalue weighted by Crippen LogP contribution is 2.26. The molecule has 1 heterocycles. The van der Waals surface area contributed by atoms with Crippen LogP contribution in [0.4, 0.5) is 11.5 Å². The normalized spacial score (nSPS) is 12.3. The molecule has 1 amide bonds. The van der Waals surface area contributed by atoms with Gasteiger partial charge in [-0.15, -0.1) is 0 Å². The van der Waals surface area contributed by atoms with Gasteiger partial charge in [-0.3, -0.25) is 9.59 Å². The fourth-order valence-electron chi connectivity index (χ4n) is 3.65. The van der Waals surface area contributed by atoms with Crippen LogP contribution in [0.15, 0.2) is 66.6 Å². The molecule has 172 valence electrons. The first-order valence-electron chi connectivity index (χ1n) is 11.0. The van der Waals surface area contributed by atoms with E-state index in [-0.39, 0.29) is 18.4 Å². The second kappa shape index (κ2) is 11.1. The lowest BCUT2D eigenvalue weighted by Gasteiger charge is -2.23. The molecule has 33 heavy (non-hydrogen) atoms. The summed E-state index contributed by atoms with van der Waals surface area (Å²) in [5, 5.41) is 16.2. The van der Waals surface area contributed by atoms with Gasteiger partial charge in [0.2, 0.25) is 5.91 Å². The van der Waals surface area contributed by atoms with Crippen LogP contribution < -0.4 is 10.6 Å². The fourth-order valence-corrected chi connectivity index (χ4v) is 3.65. The Morgan fingerprint density at radius 3 is 2.48 bits per heavy atom. The molecule has 0 spiro atoms. The van der Waals surface area contributed by atoms with Crippen LogP contribution in [0.2, 0.25) is 0 Å². The summed E-state index contributed by atoms with van der Waals surface area (Å²) in [5.74, 6) is -0.703. The van der Waals surface area contributed by atoms with Gasteiger partial charge in [-0.1, -0.05) is 30.3 Å². The van der Waals surface area contributed by atoms with Crippen LogP contribution in [-0.2, 0) is 9.59 Å². The molecule has 0 saturated carbocycles. The van der Waals surface area contributed by atoms with Gasteiger partial charge in [0.15, 0.2) is 0 Å². The fraction of sp³-hybridized carbons (Fsp3) is 0.280. The highest BCUT2D eigenvalue weighted by atomic mass is 16.4. The molecular weight excluding hydrogens is 418 g/mol. The van der Waals surface area contributed by atoms with E-state index in [1.807, 2.05) is 61.2 Å². The molecule has 0 aliphatic carbocycles. The molecule has 0 fully saturated rings. The molecule has 2 aromatic carbocycles. The Morgan fingerprint density at radius 2 is 1.82 bits per heavy atom. The van der Waals surface area contributed by atoms with Crippen molar-refractivity contribution < 1.29 is 14.7 Å². The first-order chi connectivity index (χ1) is 15.9. The summed E-state index contributed by atoms with van der Waals surface area (Å²) in [7, 11) is 0. The number of nitrogens with zero attached hydrogens (tertiary/aromatic N) is 3. The third-order valence-electron chi connectivity index (χ3n) is 5.36. The summed E-state index contributed by atoms with van der Waals surface area (Å²) < 4.78 is 0. The van der Waals surface area contributed by atoms with Gasteiger partial charge in [-0.05, 0) is 44.5 Å². The molecule has 3 aromatic rings. The predicted molar refractivity (Wildman–Crippen MR) is 130 cm³/mol. The van der Waals surface area contributed by atoms with Gasteiger partial charge in [-0.25, -0.2) is 9.97 Å². The van der Waals surface area contributed by atoms with E-state index in [0.29, 0.717) is 30.3 Å². The number of carboxylic acids is 1. The summed E-state index contributed by atoms with van der Waals surface area (Å²) in [5.41, 5.74) is 2.91. The van der Waals surface area contributed by atoms with Gasteiger partial charge in [0.25, 0.3) is 0 Å². The molecule has 1 atom stereocenters. The summed E-state index contributed by atoms with van der Waals surface area (Å²) in [4.78, 5) is 34.5. The number of hydrogen-bond donors (Lipinski definition) is 3. The largest absolute Gasteiger partial charge is 0.481 e. The highest BCUT2D eigenvalue weighted by Gasteiger charge is 2.14. The lowest BCUT2D eigenvalue weighted by molar-refractivity contribution is -0.136. The number of aliphatic carboxylic acids is 1. The van der Waals surface area contributed by atoms with Crippen LogP contribution in [0.1, 0.15) is 38.8 Å². The van der Waals surface area contributed by atoms with Crippen molar-refractivity contribution in [3.63, 3.8) is 0 Å². The molecule has 0 aliphatic rings. The van der Waals surface area contributed by atoms with E-state index >= 15 is 0 Å². The summed E-state index contributed by atoms with van der Waals surface area (Å²) in [6.07, 6.45) is 2.64. The number of aromatic nitrogens is 2. The van der Waals surface area contributed by atoms with E-state index < -0.39 is 5.97 Å². The van der Waals surface area contributed by atoms with Crippen molar-refractivity contribution in [3.05, 3.63) is 72.2 Å². The van der Waals surface area contributed by atoms with Crippen LogP contribution in [0.3, 0.4) is 0 Å². The zero-order valence-electron chi connectivity index (χ0n) is 19.1. The molecular formula is C25H29N5O3. The van der Waals surface area contributed by atoms with E-state index in [4.69, 9.17) is 0 Å². The van der Waals surface area contributed by atoms with Gasteiger partial charge < -0.3 is 20.6 Å². The quantitative estimate of drug-likeness (QED) is 0.394. The van der Waals surface area contributed by atoms with E-state index in [1.54, 1.807) is 6.07 Å². The molecule has 1 unspecified atom stereocenters. The Kier molecular flexibility index (Phi) is 7.96. The number of fused-ring (bicyclic) bond motifs is 1. The number of carbonyl (C=O) groups excluding carboxylic acids is 1. The maximum absolute atomic E-state index is 12.7. The van der Waals surface area contributed by atoms with Gasteiger partial charge in [0, 0.05) is 42.0 Å². The minimum absolute atomic E-state index is 0.0260. The standard InChI is InChI=1S/C25H29N5O3/c1-4-30(5-2)20(15-24(32)33)14-23(31)29-19-11-12-22-21(13-19)25(27-16-26-22)28-17(3)18-9-7-6-8-10-18/h6-14,16-17H,4-5,15H2,1-3H3,(H,29,31)(H,32,33)(H,26,27,28). The summed E-state index contributed by atoms with van der Waals surface area (Å²) in [6, 6.07) is 15.5. The monoisotopic (exact) mass is 447 g/mol. The van der Waals surface area contributed by atoms with Crippen LogP contribution in [0.25, 0.3) is 10.9 Å². The van der Waals surface area contributed by atoms with Gasteiger partial charge >= 0.3 is 5.97 Å². The minimum atomic E-state index is -0.980. The molecule has 1 aromatic heterocycles. The predicted octanol–water partition coefficient (Wildman–Crippen LogP) is 4.44. The van der Waals surface area contributed by atoms with Gasteiger partial charge in [-0.2, -0.15) is 0 Å². The van der Waals surface area contributed by atoms with E-state index in [0.717, 1.165) is 16.5 Å². The van der Waals surface area contributed by atoms with E-state index in [2.05, 4.69) is 27.5 Å². The number of benzene rings is 2. The Hall–Kier alpha value is -3.94. The molecule has 0 radical (unpaired) electrons. The molecule has 3 rings (SSSR count). The van der Waals surface area contributed by atoms with Gasteiger partial charge in [0.1, 0.15) is 12.1 Å². The van der Waals surface area contributed by atoms with Crippen molar-refractivity contribution >= 4 is 34.3 Å². The van der Waals surface area contributed by atoms with Crippen molar-refractivity contribution in [3.8, 4) is 0 Å². The number of carbonyl (C=O) groups is 2. The van der Waals surface area contributed by atoms with Crippen LogP contribution in [-0.4, -0.2) is 44.9 Å². The smallest absolute Gasteiger partial charge is 0.309 e. The van der Waals surface area contributed by atoms with Crippen molar-refractivity contribution in [2.75, 3.05) is 23.7 Å². The third-order valence-corrected chi connectivity index (χ3v) is 5.36. The average molecular weight is 448 g/mol. The zero-order chi connectivity index (χ0) is 23.8. The maximum atomic E-state index is 12.7. The SMILES string of the molecule is CCN(CC)C(=CC(=O)Nc1ccc2ncnc(NC(C)c3ccccc3)c2c1)CC(=O)O. The third kappa shape index (κ3) is 6.29. The van der Waals surface area contributed by atoms with Gasteiger partial charge in [0.05, 0.1) is 11.9 Å². The molecule has 0 saturated heterocycles. The Morgan fingerprint density at radius 1 is 1.09 bits per heavy atom. The Bertz CT molecular complexity index is 1140. The number of rotatable bonds is 10. The second-order valence-corrected chi connectivity index (χ2v) is 7.60. The Balaban J connectivity index is 1.84. The molecule has 0 bridgehead atoms. The van der Waals surface area contributed by atoms with Crippen LogP contribution in [0, 0.1) is 0 Å². The second-order valence-electron chi connectivity index (χ2n) is 7.60. The number of carboxylic acid groups (broad SMARTS) is 1. The number of nitrogens with one attached hydrogen (secondary N) is 2. The zero-order valence-corrected chi connectivity index (χ0v) is 19.1. The first-order valence-corrected chi connectivity index (χ1v) is 11.0. The number of hydrogen-bond acceptors (Lipinski definition) is 6. The molecule has 8 heteroatoms. The van der Waals surface area contributed by atoms with Crippen molar-refractivity contribution in [2.45, 2.75) is 33.2 Å². The summed E-state index contributed by atoms with van der Waals surface area (Å²) >= 11 is 0. The van der Waals surface area contributed by atoms with E-state index in [1.165, 1.54) is 12.4 Å². The maximum Gasteiger partial charge on any atom is 0.309 e. The highest BCUT2D eigenvalue weighted by molar-refractivity contribution is 6.02. The average Bonchev–Trinajstić information content (AvgIpc) is 2.80. The first kappa shape index (κ1) is 23.7. The van der Waals surface area contributed by atoms with Crippen LogP contribution >= 0.6 is 0 Å². The molecule has 0 aliphatic heterocycles.